The van der Waals surface area contributed by atoms with Crippen molar-refractivity contribution in [1.29, 1.82) is 0 Å². The fraction of sp³-hybridized carbons (Fsp3) is 0.182. The van der Waals surface area contributed by atoms with Crippen LogP contribution in [-0.4, -0.2) is 12.8 Å². The summed E-state index contributed by atoms with van der Waals surface area (Å²) in [5, 5.41) is 0. The molecule has 0 fully saturated rings. The lowest BCUT2D eigenvalue weighted by Crippen LogP contribution is -2.04. The monoisotopic (exact) mass is 213 g/mol. The maximum absolute atomic E-state index is 12.2. The standard InChI is InChI=1S/C11H10F3N/c1-2-7-15-8-9-3-5-10(6-4-9)11(12,13)14/h2-6,8H,1,7H2. The molecule has 0 amide bonds. The topological polar surface area (TPSA) is 12.4 Å². The fourth-order valence-corrected chi connectivity index (χ4v) is 0.991. The van der Waals surface area contributed by atoms with Crippen molar-refractivity contribution in [2.24, 2.45) is 4.99 Å². The SMILES string of the molecule is C=CCN=Cc1ccc(C(F)(F)F)cc1. The second kappa shape index (κ2) is 4.77. The Morgan fingerprint density at radius 2 is 1.80 bits per heavy atom. The van der Waals surface area contributed by atoms with Gasteiger partial charge in [-0.05, 0) is 17.7 Å². The summed E-state index contributed by atoms with van der Waals surface area (Å²) >= 11 is 0. The van der Waals surface area contributed by atoms with Crippen LogP contribution in [-0.2, 0) is 6.18 Å². The van der Waals surface area contributed by atoms with Gasteiger partial charge in [-0.2, -0.15) is 13.2 Å². The molecule has 0 heterocycles. The van der Waals surface area contributed by atoms with E-state index in [4.69, 9.17) is 0 Å². The van der Waals surface area contributed by atoms with Gasteiger partial charge in [0.2, 0.25) is 0 Å². The third-order valence-corrected chi connectivity index (χ3v) is 1.71. The van der Waals surface area contributed by atoms with E-state index in [1.54, 1.807) is 6.08 Å². The number of alkyl halides is 3. The molecule has 4 heteroatoms. The van der Waals surface area contributed by atoms with Crippen LogP contribution in [0.1, 0.15) is 11.1 Å². The van der Waals surface area contributed by atoms with Gasteiger partial charge in [-0.25, -0.2) is 0 Å². The Kier molecular flexibility index (Phi) is 3.66. The second-order valence-electron chi connectivity index (χ2n) is 2.90. The van der Waals surface area contributed by atoms with Crippen molar-refractivity contribution in [2.75, 3.05) is 6.54 Å². The first kappa shape index (κ1) is 11.5. The summed E-state index contributed by atoms with van der Waals surface area (Å²) in [5.41, 5.74) is -0.00628. The summed E-state index contributed by atoms with van der Waals surface area (Å²) in [6.07, 6.45) is -1.15. The second-order valence-corrected chi connectivity index (χ2v) is 2.90. The van der Waals surface area contributed by atoms with E-state index in [1.807, 2.05) is 0 Å². The Balaban J connectivity index is 2.77. The van der Waals surface area contributed by atoms with Crippen molar-refractivity contribution >= 4 is 6.21 Å². The number of halogens is 3. The lowest BCUT2D eigenvalue weighted by atomic mass is 10.1. The highest BCUT2D eigenvalue weighted by Crippen LogP contribution is 2.28. The Morgan fingerprint density at radius 3 is 2.27 bits per heavy atom. The van der Waals surface area contributed by atoms with E-state index in [9.17, 15) is 13.2 Å². The Morgan fingerprint density at radius 1 is 1.20 bits per heavy atom. The van der Waals surface area contributed by atoms with E-state index in [0.717, 1.165) is 12.1 Å². The zero-order valence-electron chi connectivity index (χ0n) is 7.96. The van der Waals surface area contributed by atoms with Crippen LogP contribution < -0.4 is 0 Å². The molecule has 0 radical (unpaired) electrons. The molecule has 1 nitrogen and oxygen atoms in total. The van der Waals surface area contributed by atoms with E-state index in [0.29, 0.717) is 12.1 Å². The molecule has 0 aliphatic carbocycles. The molecular formula is C11H10F3N. The lowest BCUT2D eigenvalue weighted by molar-refractivity contribution is -0.137. The third kappa shape index (κ3) is 3.58. The fourth-order valence-electron chi connectivity index (χ4n) is 0.991. The van der Waals surface area contributed by atoms with Gasteiger partial charge in [-0.3, -0.25) is 4.99 Å². The van der Waals surface area contributed by atoms with Gasteiger partial charge in [0.1, 0.15) is 0 Å². The summed E-state index contributed by atoms with van der Waals surface area (Å²) in [5.74, 6) is 0. The van der Waals surface area contributed by atoms with E-state index < -0.39 is 11.7 Å². The van der Waals surface area contributed by atoms with Gasteiger partial charge in [0.15, 0.2) is 0 Å². The quantitative estimate of drug-likeness (QED) is 0.539. The molecule has 80 valence electrons. The largest absolute Gasteiger partial charge is 0.416 e. The predicted molar refractivity (Wildman–Crippen MR) is 54.1 cm³/mol. The Labute approximate surface area is 86.0 Å². The van der Waals surface area contributed by atoms with Gasteiger partial charge in [0.25, 0.3) is 0 Å². The molecule has 0 bridgehead atoms. The summed E-state index contributed by atoms with van der Waals surface area (Å²) in [7, 11) is 0. The number of benzene rings is 1. The average molecular weight is 213 g/mol. The van der Waals surface area contributed by atoms with Crippen LogP contribution in [0.2, 0.25) is 0 Å². The van der Waals surface area contributed by atoms with Crippen LogP contribution in [0.15, 0.2) is 41.9 Å². The van der Waals surface area contributed by atoms with Gasteiger partial charge in [-0.1, -0.05) is 18.2 Å². The molecule has 1 aromatic carbocycles. The minimum atomic E-state index is -4.28. The van der Waals surface area contributed by atoms with E-state index in [1.165, 1.54) is 18.3 Å². The Bertz CT molecular complexity index is 349. The van der Waals surface area contributed by atoms with Crippen molar-refractivity contribution in [3.05, 3.63) is 48.0 Å². The van der Waals surface area contributed by atoms with E-state index in [-0.39, 0.29) is 0 Å². The molecule has 0 aliphatic rings. The summed E-state index contributed by atoms with van der Waals surface area (Å²) in [4.78, 5) is 3.93. The van der Waals surface area contributed by atoms with Crippen LogP contribution in [0.3, 0.4) is 0 Å². The summed E-state index contributed by atoms with van der Waals surface area (Å²) in [6, 6.07) is 4.84. The van der Waals surface area contributed by atoms with Crippen molar-refractivity contribution in [3.8, 4) is 0 Å². The number of nitrogens with zero attached hydrogens (tertiary/aromatic N) is 1. The molecule has 0 atom stereocenters. The van der Waals surface area contributed by atoms with Crippen molar-refractivity contribution in [1.82, 2.24) is 0 Å². The zero-order valence-corrected chi connectivity index (χ0v) is 7.96. The number of hydrogen-bond donors (Lipinski definition) is 0. The van der Waals surface area contributed by atoms with Crippen LogP contribution in [0.5, 0.6) is 0 Å². The molecule has 0 aromatic heterocycles. The molecule has 0 spiro atoms. The normalized spacial score (nSPS) is 11.9. The molecule has 0 aliphatic heterocycles. The van der Waals surface area contributed by atoms with Gasteiger partial charge in [0.05, 0.1) is 12.1 Å². The minimum Gasteiger partial charge on any atom is -0.288 e. The highest BCUT2D eigenvalue weighted by atomic mass is 19.4. The van der Waals surface area contributed by atoms with Gasteiger partial charge < -0.3 is 0 Å². The lowest BCUT2D eigenvalue weighted by Gasteiger charge is -2.05. The number of rotatable bonds is 3. The molecular weight excluding hydrogens is 203 g/mol. The van der Waals surface area contributed by atoms with E-state index >= 15 is 0 Å². The first-order chi connectivity index (χ1) is 7.04. The molecule has 0 saturated carbocycles. The van der Waals surface area contributed by atoms with E-state index in [2.05, 4.69) is 11.6 Å². The van der Waals surface area contributed by atoms with Gasteiger partial charge in [0, 0.05) is 6.21 Å². The first-order valence-corrected chi connectivity index (χ1v) is 4.32. The van der Waals surface area contributed by atoms with Gasteiger partial charge >= 0.3 is 6.18 Å². The minimum absolute atomic E-state index is 0.459. The van der Waals surface area contributed by atoms with Crippen molar-refractivity contribution in [2.45, 2.75) is 6.18 Å². The molecule has 1 rings (SSSR count). The number of aliphatic imine (C=N–C) groups is 1. The van der Waals surface area contributed by atoms with Crippen molar-refractivity contribution in [3.63, 3.8) is 0 Å². The smallest absolute Gasteiger partial charge is 0.288 e. The third-order valence-electron chi connectivity index (χ3n) is 1.71. The van der Waals surface area contributed by atoms with Crippen LogP contribution in [0, 0.1) is 0 Å². The van der Waals surface area contributed by atoms with Crippen molar-refractivity contribution < 1.29 is 13.2 Å². The summed E-state index contributed by atoms with van der Waals surface area (Å²) < 4.78 is 36.5. The molecule has 15 heavy (non-hydrogen) atoms. The van der Waals surface area contributed by atoms with Crippen LogP contribution in [0.4, 0.5) is 13.2 Å². The highest BCUT2D eigenvalue weighted by Gasteiger charge is 2.29. The highest BCUT2D eigenvalue weighted by molar-refractivity contribution is 5.79. The first-order valence-electron chi connectivity index (χ1n) is 4.32. The predicted octanol–water partition coefficient (Wildman–Crippen LogP) is 3.31. The summed E-state index contributed by atoms with van der Waals surface area (Å²) in [6.45, 7) is 3.94. The Hall–Kier alpha value is -1.58. The van der Waals surface area contributed by atoms with Crippen LogP contribution >= 0.6 is 0 Å². The average Bonchev–Trinajstić information content (AvgIpc) is 2.18. The van der Waals surface area contributed by atoms with Crippen LogP contribution in [0.25, 0.3) is 0 Å². The molecule has 0 saturated heterocycles. The molecule has 0 unspecified atom stereocenters. The molecule has 1 aromatic rings. The maximum Gasteiger partial charge on any atom is 0.416 e. The zero-order chi connectivity index (χ0) is 11.3. The maximum atomic E-state index is 12.2. The number of hydrogen-bond acceptors (Lipinski definition) is 1. The molecule has 0 N–H and O–H groups in total. The van der Waals surface area contributed by atoms with Gasteiger partial charge in [-0.15, -0.1) is 6.58 Å².